The third-order valence-electron chi connectivity index (χ3n) is 5.33. The molecule has 7 heteroatoms. The van der Waals surface area contributed by atoms with Gasteiger partial charge in [0, 0.05) is 12.5 Å². The summed E-state index contributed by atoms with van der Waals surface area (Å²) in [5.41, 5.74) is -0.233. The van der Waals surface area contributed by atoms with Crippen LogP contribution < -0.4 is 5.32 Å². The number of hydrogen-bond donors (Lipinski definition) is 2. The largest absolute Gasteiger partial charge is 0.478 e. The summed E-state index contributed by atoms with van der Waals surface area (Å²) in [7, 11) is 0. The zero-order valence-corrected chi connectivity index (χ0v) is 14.1. The molecule has 1 saturated heterocycles. The fourth-order valence-electron chi connectivity index (χ4n) is 3.92. The summed E-state index contributed by atoms with van der Waals surface area (Å²) in [6.45, 7) is 4.62. The number of amides is 1. The fraction of sp³-hybridized carbons (Fsp3) is 0.765. The Balaban J connectivity index is 1.57. The molecular formula is C17H25NO6. The molecule has 24 heavy (non-hydrogen) atoms. The van der Waals surface area contributed by atoms with Crippen LogP contribution >= 0.6 is 0 Å². The number of carbonyl (C=O) groups excluding carboxylic acids is 1. The smallest absolute Gasteiger partial charge is 0.410 e. The molecule has 2 N–H and O–H groups in total. The molecule has 0 bridgehead atoms. The number of alkyl carbamates (subject to hydrolysis) is 1. The number of ether oxygens (including phenoxy) is 3. The Labute approximate surface area is 141 Å². The molecule has 7 nitrogen and oxygen atoms in total. The Morgan fingerprint density at radius 2 is 2.21 bits per heavy atom. The van der Waals surface area contributed by atoms with Crippen molar-refractivity contribution in [1.29, 1.82) is 0 Å². The number of hydrogen-bond acceptors (Lipinski definition) is 5. The van der Waals surface area contributed by atoms with Crippen LogP contribution in [0, 0.1) is 11.8 Å². The van der Waals surface area contributed by atoms with Gasteiger partial charge < -0.3 is 24.6 Å². The van der Waals surface area contributed by atoms with E-state index in [1.807, 2.05) is 6.92 Å². The third kappa shape index (κ3) is 3.09. The average molecular weight is 339 g/mol. The molecule has 0 spiro atoms. The number of aliphatic carboxylic acids is 1. The molecule has 1 saturated carbocycles. The van der Waals surface area contributed by atoms with Gasteiger partial charge in [-0.1, -0.05) is 26.2 Å². The number of carbonyl (C=O) groups is 2. The van der Waals surface area contributed by atoms with E-state index >= 15 is 0 Å². The highest BCUT2D eigenvalue weighted by Crippen LogP contribution is 2.60. The second-order valence-corrected chi connectivity index (χ2v) is 6.93. The van der Waals surface area contributed by atoms with Gasteiger partial charge in [-0.2, -0.15) is 0 Å². The summed E-state index contributed by atoms with van der Waals surface area (Å²) in [6, 6.07) is 0. The molecule has 0 radical (unpaired) electrons. The molecule has 5 atom stereocenters. The summed E-state index contributed by atoms with van der Waals surface area (Å²) in [6.07, 6.45) is 4.78. The van der Waals surface area contributed by atoms with Crippen LogP contribution in [-0.2, 0) is 19.0 Å². The van der Waals surface area contributed by atoms with Crippen LogP contribution in [0.1, 0.15) is 46.0 Å². The number of carboxylic acids is 1. The molecule has 2 heterocycles. The fourth-order valence-corrected chi connectivity index (χ4v) is 3.92. The number of unbranched alkanes of at least 4 members (excludes halogenated alkanes) is 3. The summed E-state index contributed by atoms with van der Waals surface area (Å²) >= 11 is 0. The number of rotatable bonds is 7. The monoisotopic (exact) mass is 339 g/mol. The van der Waals surface area contributed by atoms with Gasteiger partial charge in [-0.05, 0) is 19.8 Å². The molecule has 2 aliphatic heterocycles. The summed E-state index contributed by atoms with van der Waals surface area (Å²) < 4.78 is 16.5. The highest BCUT2D eigenvalue weighted by molar-refractivity contribution is 5.87. The van der Waals surface area contributed by atoms with Crippen molar-refractivity contribution in [2.24, 2.45) is 11.8 Å². The Bertz CT molecular complexity index is 547. The van der Waals surface area contributed by atoms with Crippen molar-refractivity contribution in [3.63, 3.8) is 0 Å². The van der Waals surface area contributed by atoms with Crippen molar-refractivity contribution in [1.82, 2.24) is 5.32 Å². The molecule has 0 aromatic rings. The Kier molecular flexibility index (Phi) is 4.71. The maximum atomic E-state index is 12.0. The topological polar surface area (TPSA) is 97.4 Å². The first kappa shape index (κ1) is 17.1. The molecule has 0 aromatic carbocycles. The van der Waals surface area contributed by atoms with Crippen LogP contribution in [0.2, 0.25) is 0 Å². The minimum absolute atomic E-state index is 0.0140. The zero-order valence-electron chi connectivity index (χ0n) is 14.1. The lowest BCUT2D eigenvalue weighted by Gasteiger charge is -2.35. The molecule has 1 amide bonds. The van der Waals surface area contributed by atoms with Crippen molar-refractivity contribution < 1.29 is 28.9 Å². The van der Waals surface area contributed by atoms with Gasteiger partial charge in [0.05, 0.1) is 23.9 Å². The van der Waals surface area contributed by atoms with Crippen LogP contribution in [0.25, 0.3) is 0 Å². The van der Waals surface area contributed by atoms with E-state index in [0.717, 1.165) is 25.7 Å². The van der Waals surface area contributed by atoms with Crippen LogP contribution in [0.5, 0.6) is 0 Å². The molecule has 2 fully saturated rings. The summed E-state index contributed by atoms with van der Waals surface area (Å²) in [5.74, 6) is -1.49. The van der Waals surface area contributed by atoms with Gasteiger partial charge in [-0.3, -0.25) is 0 Å². The van der Waals surface area contributed by atoms with Crippen molar-refractivity contribution in [3.8, 4) is 0 Å². The van der Waals surface area contributed by atoms with E-state index in [2.05, 4.69) is 12.2 Å². The minimum Gasteiger partial charge on any atom is -0.478 e. The van der Waals surface area contributed by atoms with Crippen molar-refractivity contribution in [3.05, 3.63) is 11.8 Å². The van der Waals surface area contributed by atoms with E-state index in [1.54, 1.807) is 0 Å². The zero-order chi connectivity index (χ0) is 17.3. The van der Waals surface area contributed by atoms with Crippen molar-refractivity contribution in [2.75, 3.05) is 6.54 Å². The highest BCUT2D eigenvalue weighted by atomic mass is 16.7. The quantitative estimate of drug-likeness (QED) is 0.546. The number of fused-ring (bicyclic) bond motifs is 3. The van der Waals surface area contributed by atoms with Gasteiger partial charge in [-0.15, -0.1) is 0 Å². The maximum Gasteiger partial charge on any atom is 0.410 e. The van der Waals surface area contributed by atoms with Gasteiger partial charge in [0.25, 0.3) is 6.29 Å². The normalized spacial score (nSPS) is 36.0. The molecule has 5 unspecified atom stereocenters. The van der Waals surface area contributed by atoms with E-state index in [-0.39, 0.29) is 23.5 Å². The highest BCUT2D eigenvalue weighted by Gasteiger charge is 2.70. The Hall–Kier alpha value is -1.76. The van der Waals surface area contributed by atoms with Crippen LogP contribution in [0.4, 0.5) is 4.79 Å². The van der Waals surface area contributed by atoms with E-state index < -0.39 is 24.0 Å². The van der Waals surface area contributed by atoms with E-state index in [1.165, 1.54) is 6.26 Å². The predicted molar refractivity (Wildman–Crippen MR) is 84.1 cm³/mol. The molecule has 134 valence electrons. The molecular weight excluding hydrogens is 314 g/mol. The first-order valence-electron chi connectivity index (χ1n) is 8.68. The molecule has 0 aromatic heterocycles. The van der Waals surface area contributed by atoms with Gasteiger partial charge >= 0.3 is 12.1 Å². The lowest BCUT2D eigenvalue weighted by molar-refractivity contribution is -0.148. The maximum absolute atomic E-state index is 12.0. The first-order valence-corrected chi connectivity index (χ1v) is 8.68. The summed E-state index contributed by atoms with van der Waals surface area (Å²) in [4.78, 5) is 23.4. The van der Waals surface area contributed by atoms with Gasteiger partial charge in [-0.25, -0.2) is 9.59 Å². The van der Waals surface area contributed by atoms with Crippen LogP contribution in [-0.4, -0.2) is 41.7 Å². The van der Waals surface area contributed by atoms with Gasteiger partial charge in [0.1, 0.15) is 5.60 Å². The van der Waals surface area contributed by atoms with Gasteiger partial charge in [0.2, 0.25) is 0 Å². The summed E-state index contributed by atoms with van der Waals surface area (Å²) in [5, 5.41) is 12.0. The Morgan fingerprint density at radius 1 is 1.42 bits per heavy atom. The molecule has 3 aliphatic rings. The standard InChI is InChI=1S/C17H25NO6/c1-3-4-5-6-7-18-16(21)23-15-13-10(8-12-17(13,2)24-12)11(9-22-15)14(19)20/h9-10,12-13,15H,3-8H2,1-2H3,(H,18,21)(H,19,20). The van der Waals surface area contributed by atoms with E-state index in [9.17, 15) is 14.7 Å². The number of carboxylic acid groups (broad SMARTS) is 1. The minimum atomic E-state index is -0.992. The Morgan fingerprint density at radius 3 is 2.92 bits per heavy atom. The van der Waals surface area contributed by atoms with Crippen molar-refractivity contribution in [2.45, 2.75) is 63.9 Å². The van der Waals surface area contributed by atoms with Crippen LogP contribution in [0.15, 0.2) is 11.8 Å². The second-order valence-electron chi connectivity index (χ2n) is 6.93. The van der Waals surface area contributed by atoms with E-state index in [4.69, 9.17) is 14.2 Å². The van der Waals surface area contributed by atoms with E-state index in [0.29, 0.717) is 13.0 Å². The third-order valence-corrected chi connectivity index (χ3v) is 5.33. The van der Waals surface area contributed by atoms with Gasteiger partial charge in [0.15, 0.2) is 0 Å². The average Bonchev–Trinajstić information content (AvgIpc) is 3.08. The van der Waals surface area contributed by atoms with Crippen molar-refractivity contribution >= 4 is 12.1 Å². The number of nitrogens with one attached hydrogen (secondary N) is 1. The first-order chi connectivity index (χ1) is 11.5. The molecule has 1 aliphatic carbocycles. The van der Waals surface area contributed by atoms with Crippen LogP contribution in [0.3, 0.4) is 0 Å². The molecule has 3 rings (SSSR count). The predicted octanol–water partition coefficient (Wildman–Crippen LogP) is 2.41. The lowest BCUT2D eigenvalue weighted by atomic mass is 9.82. The SMILES string of the molecule is CCCCCCNC(=O)OC1OC=C(C(=O)O)C2CC3OC3(C)C12. The lowest BCUT2D eigenvalue weighted by Crippen LogP contribution is -2.44. The number of epoxide rings is 1. The second kappa shape index (κ2) is 6.63.